The van der Waals surface area contributed by atoms with E-state index in [9.17, 15) is 5.11 Å². The van der Waals surface area contributed by atoms with Gasteiger partial charge in [-0.25, -0.2) is 0 Å². The lowest BCUT2D eigenvalue weighted by Gasteiger charge is -2.30. The molecule has 0 saturated heterocycles. The fraction of sp³-hybridized carbons (Fsp3) is 0.250. The fourth-order valence-corrected chi connectivity index (χ4v) is 2.83. The number of benzene rings is 2. The molecule has 19 heavy (non-hydrogen) atoms. The molecule has 1 N–H and O–H groups in total. The van der Waals surface area contributed by atoms with Gasteiger partial charge in [0.1, 0.15) is 11.9 Å². The molecule has 3 heteroatoms. The summed E-state index contributed by atoms with van der Waals surface area (Å²) in [6.45, 7) is 2.06. The predicted octanol–water partition coefficient (Wildman–Crippen LogP) is 4.31. The van der Waals surface area contributed by atoms with Crippen LogP contribution in [0.25, 0.3) is 0 Å². The minimum absolute atomic E-state index is 0.0864. The topological polar surface area (TPSA) is 29.5 Å². The van der Waals surface area contributed by atoms with E-state index in [1.807, 2.05) is 30.3 Å². The van der Waals surface area contributed by atoms with E-state index >= 15 is 0 Å². The van der Waals surface area contributed by atoms with Gasteiger partial charge in [-0.1, -0.05) is 51.8 Å². The highest BCUT2D eigenvalue weighted by Gasteiger charge is 2.28. The van der Waals surface area contributed by atoms with Crippen LogP contribution < -0.4 is 4.74 Å². The van der Waals surface area contributed by atoms with Gasteiger partial charge in [-0.05, 0) is 24.6 Å². The van der Waals surface area contributed by atoms with Gasteiger partial charge in [-0.3, -0.25) is 0 Å². The van der Waals surface area contributed by atoms with Crippen molar-refractivity contribution in [2.45, 2.75) is 25.6 Å². The van der Waals surface area contributed by atoms with Crippen LogP contribution in [0.1, 0.15) is 35.3 Å². The zero-order chi connectivity index (χ0) is 13.4. The Balaban J connectivity index is 1.96. The summed E-state index contributed by atoms with van der Waals surface area (Å²) in [5.41, 5.74) is 3.19. The summed E-state index contributed by atoms with van der Waals surface area (Å²) in [6.07, 6.45) is 0.0389. The number of hydrogen-bond acceptors (Lipinski definition) is 2. The molecule has 1 aliphatic heterocycles. The maximum Gasteiger partial charge on any atom is 0.127 e. The minimum Gasteiger partial charge on any atom is -0.485 e. The largest absolute Gasteiger partial charge is 0.485 e. The molecule has 98 valence electrons. The number of aliphatic hydroxyl groups excluding tert-OH is 1. The third-order valence-electron chi connectivity index (χ3n) is 3.46. The lowest BCUT2D eigenvalue weighted by molar-refractivity contribution is 0.0656. The summed E-state index contributed by atoms with van der Waals surface area (Å²) in [5.74, 6) is 0.764. The third kappa shape index (κ3) is 2.53. The highest BCUT2D eigenvalue weighted by Crippen LogP contribution is 2.41. The fourth-order valence-electron chi connectivity index (χ4n) is 2.49. The molecule has 0 amide bonds. The van der Waals surface area contributed by atoms with Gasteiger partial charge in [0.25, 0.3) is 0 Å². The molecule has 0 fully saturated rings. The molecule has 1 heterocycles. The summed E-state index contributed by atoms with van der Waals surface area (Å²) in [7, 11) is 0. The van der Waals surface area contributed by atoms with Gasteiger partial charge in [0.15, 0.2) is 0 Å². The van der Waals surface area contributed by atoms with Crippen LogP contribution in [0.3, 0.4) is 0 Å². The molecule has 0 radical (unpaired) electrons. The smallest absolute Gasteiger partial charge is 0.127 e. The zero-order valence-electron chi connectivity index (χ0n) is 10.6. The van der Waals surface area contributed by atoms with Gasteiger partial charge >= 0.3 is 0 Å². The molecule has 2 aromatic rings. The SMILES string of the molecule is Cc1cccc(C2CC(O)c3ccc(Br)cc3O2)c1. The van der Waals surface area contributed by atoms with E-state index in [1.54, 1.807) is 0 Å². The second kappa shape index (κ2) is 4.99. The van der Waals surface area contributed by atoms with Crippen molar-refractivity contribution in [1.29, 1.82) is 0 Å². The van der Waals surface area contributed by atoms with Crippen molar-refractivity contribution in [3.63, 3.8) is 0 Å². The first kappa shape index (κ1) is 12.7. The Morgan fingerprint density at radius 1 is 1.21 bits per heavy atom. The normalized spacial score (nSPS) is 21.6. The number of aryl methyl sites for hydroxylation is 1. The van der Waals surface area contributed by atoms with Gasteiger partial charge in [0.2, 0.25) is 0 Å². The van der Waals surface area contributed by atoms with Crippen LogP contribution in [0, 0.1) is 6.92 Å². The van der Waals surface area contributed by atoms with Crippen molar-refractivity contribution in [3.8, 4) is 5.75 Å². The first-order valence-electron chi connectivity index (χ1n) is 6.34. The molecule has 1 aliphatic rings. The van der Waals surface area contributed by atoms with Gasteiger partial charge in [-0.2, -0.15) is 0 Å². The second-order valence-corrected chi connectivity index (χ2v) is 5.87. The Kier molecular flexibility index (Phi) is 3.33. The Morgan fingerprint density at radius 3 is 2.84 bits per heavy atom. The van der Waals surface area contributed by atoms with Crippen LogP contribution in [0.4, 0.5) is 0 Å². The summed E-state index contributed by atoms with van der Waals surface area (Å²) in [6, 6.07) is 14.0. The molecule has 0 saturated carbocycles. The quantitative estimate of drug-likeness (QED) is 0.848. The van der Waals surface area contributed by atoms with Crippen molar-refractivity contribution in [2.75, 3.05) is 0 Å². The van der Waals surface area contributed by atoms with Crippen molar-refractivity contribution in [1.82, 2.24) is 0 Å². The number of fused-ring (bicyclic) bond motifs is 1. The first-order chi connectivity index (χ1) is 9.13. The first-order valence-corrected chi connectivity index (χ1v) is 7.13. The summed E-state index contributed by atoms with van der Waals surface area (Å²) in [5, 5.41) is 10.3. The highest BCUT2D eigenvalue weighted by molar-refractivity contribution is 9.10. The predicted molar refractivity (Wildman–Crippen MR) is 78.3 cm³/mol. The molecule has 0 aliphatic carbocycles. The Morgan fingerprint density at radius 2 is 2.05 bits per heavy atom. The molecule has 2 aromatic carbocycles. The third-order valence-corrected chi connectivity index (χ3v) is 3.95. The van der Waals surface area contributed by atoms with Crippen molar-refractivity contribution in [2.24, 2.45) is 0 Å². The van der Waals surface area contributed by atoms with E-state index in [-0.39, 0.29) is 6.10 Å². The van der Waals surface area contributed by atoms with E-state index in [0.29, 0.717) is 6.42 Å². The van der Waals surface area contributed by atoms with Crippen LogP contribution in [0.2, 0.25) is 0 Å². The van der Waals surface area contributed by atoms with Crippen LogP contribution in [-0.4, -0.2) is 5.11 Å². The molecular formula is C16H15BrO2. The van der Waals surface area contributed by atoms with Crippen molar-refractivity contribution in [3.05, 3.63) is 63.6 Å². The highest BCUT2D eigenvalue weighted by atomic mass is 79.9. The zero-order valence-corrected chi connectivity index (χ0v) is 12.2. The molecule has 0 bridgehead atoms. The minimum atomic E-state index is -0.470. The summed E-state index contributed by atoms with van der Waals surface area (Å²) < 4.78 is 7.00. The number of aliphatic hydroxyl groups is 1. The van der Waals surface area contributed by atoms with Crippen LogP contribution in [-0.2, 0) is 0 Å². The number of halogens is 1. The monoisotopic (exact) mass is 318 g/mol. The standard InChI is InChI=1S/C16H15BrO2/c1-10-3-2-4-11(7-10)15-9-14(18)13-6-5-12(17)8-16(13)19-15/h2-8,14-15,18H,9H2,1H3. The van der Waals surface area contributed by atoms with E-state index in [4.69, 9.17) is 4.74 Å². The molecule has 2 nitrogen and oxygen atoms in total. The Bertz CT molecular complexity index is 609. The number of rotatable bonds is 1. The van der Waals surface area contributed by atoms with Gasteiger partial charge in [0, 0.05) is 16.5 Å². The van der Waals surface area contributed by atoms with E-state index in [1.165, 1.54) is 5.56 Å². The lowest BCUT2D eigenvalue weighted by Crippen LogP contribution is -2.19. The lowest BCUT2D eigenvalue weighted by atomic mass is 9.94. The molecule has 0 spiro atoms. The molecular weight excluding hydrogens is 304 g/mol. The van der Waals surface area contributed by atoms with Crippen LogP contribution in [0.5, 0.6) is 5.75 Å². The second-order valence-electron chi connectivity index (χ2n) is 4.95. The van der Waals surface area contributed by atoms with Crippen molar-refractivity contribution < 1.29 is 9.84 Å². The maximum atomic E-state index is 10.3. The Labute approximate surface area is 121 Å². The van der Waals surface area contributed by atoms with E-state index in [2.05, 4.69) is 35.0 Å². The Hall–Kier alpha value is -1.32. The van der Waals surface area contributed by atoms with Crippen LogP contribution in [0.15, 0.2) is 46.9 Å². The van der Waals surface area contributed by atoms with Gasteiger partial charge in [-0.15, -0.1) is 0 Å². The van der Waals surface area contributed by atoms with Crippen LogP contribution >= 0.6 is 15.9 Å². The average molecular weight is 319 g/mol. The molecule has 0 aromatic heterocycles. The van der Waals surface area contributed by atoms with Gasteiger partial charge in [0.05, 0.1) is 6.10 Å². The van der Waals surface area contributed by atoms with E-state index in [0.717, 1.165) is 21.3 Å². The number of hydrogen-bond donors (Lipinski definition) is 1. The molecule has 3 rings (SSSR count). The summed E-state index contributed by atoms with van der Waals surface area (Å²) >= 11 is 3.44. The van der Waals surface area contributed by atoms with Gasteiger partial charge < -0.3 is 9.84 Å². The maximum absolute atomic E-state index is 10.3. The van der Waals surface area contributed by atoms with Crippen molar-refractivity contribution >= 4 is 15.9 Å². The van der Waals surface area contributed by atoms with E-state index < -0.39 is 6.10 Å². The molecule has 2 unspecified atom stereocenters. The molecule has 2 atom stereocenters. The number of ether oxygens (including phenoxy) is 1. The summed E-state index contributed by atoms with van der Waals surface area (Å²) in [4.78, 5) is 0. The average Bonchev–Trinajstić information content (AvgIpc) is 2.38.